The van der Waals surface area contributed by atoms with Gasteiger partial charge in [-0.25, -0.2) is 14.2 Å². The molecule has 26 heteroatoms. The van der Waals surface area contributed by atoms with Gasteiger partial charge >= 0.3 is 5.97 Å². The van der Waals surface area contributed by atoms with Crippen LogP contribution in [0.1, 0.15) is 60.4 Å². The van der Waals surface area contributed by atoms with Gasteiger partial charge in [-0.1, -0.05) is 16.5 Å². The fourth-order valence-electron chi connectivity index (χ4n) is 9.43. The van der Waals surface area contributed by atoms with E-state index in [2.05, 4.69) is 30.9 Å². The van der Waals surface area contributed by atoms with Crippen molar-refractivity contribution in [3.8, 4) is 28.2 Å². The number of guanidine groups is 1. The Morgan fingerprint density at radius 2 is 1.53 bits per heavy atom. The lowest BCUT2D eigenvalue weighted by molar-refractivity contribution is -0.135. The van der Waals surface area contributed by atoms with Gasteiger partial charge in [0.2, 0.25) is 29.7 Å². The number of nitrogens with zero attached hydrogens (tertiary/aromatic N) is 14. The number of phenolic OH excluding ortho intramolecular Hbond substituents is 1. The Bertz CT molecular complexity index is 3260. The van der Waals surface area contributed by atoms with Gasteiger partial charge < -0.3 is 61.9 Å². The van der Waals surface area contributed by atoms with E-state index >= 15 is 0 Å². The molecule has 2 amide bonds. The third-order valence-corrected chi connectivity index (χ3v) is 13.2. The lowest BCUT2D eigenvalue weighted by Gasteiger charge is -2.37. The molecule has 1 unspecified atom stereocenters. The van der Waals surface area contributed by atoms with Gasteiger partial charge in [-0.05, 0) is 87.5 Å². The number of aliphatic imine (C=N–C) groups is 1. The number of hydrogen-bond acceptors (Lipinski definition) is 19. The number of nitrogens with two attached hydrogens (primary N) is 3. The van der Waals surface area contributed by atoms with E-state index in [1.807, 2.05) is 9.80 Å². The summed E-state index contributed by atoms with van der Waals surface area (Å²) >= 11 is 0. The summed E-state index contributed by atoms with van der Waals surface area (Å²) in [6, 6.07) is 13.0. The lowest BCUT2D eigenvalue weighted by Crippen LogP contribution is -2.51. The maximum Gasteiger partial charge on any atom is 0.336 e. The third-order valence-electron chi connectivity index (χ3n) is 13.2. The van der Waals surface area contributed by atoms with E-state index < -0.39 is 18.1 Å². The highest BCUT2D eigenvalue weighted by molar-refractivity contribution is 6.08. The average molecular weight is 1040 g/mol. The Morgan fingerprint density at radius 3 is 2.22 bits per heavy atom. The molecule has 5 aromatic rings. The van der Waals surface area contributed by atoms with Crippen LogP contribution in [0.15, 0.2) is 81.2 Å². The van der Waals surface area contributed by atoms with Crippen LogP contribution >= 0.6 is 0 Å². The molecule has 2 atom stereocenters. The minimum Gasteiger partial charge on any atom is -0.508 e. The number of anilines is 4. The number of piperazine rings is 2. The SMILES string of the molecule is CC(O)Cc1cn([C@@H](CCCCN)C(=O)N2CCN(c3nc(Nc4ccc(-c5c6ccc(=O)cc-6oc6cc(O)ccc56)c(C(=O)O)c4)nc(N4CCN(C(=O)Cn5cc(CCCN=C(N)N)nn5)CC4)n3)CC2)nn1. The molecule has 3 aliphatic heterocycles. The Hall–Kier alpha value is -8.78. The van der Waals surface area contributed by atoms with Crippen molar-refractivity contribution >= 4 is 58.2 Å². The largest absolute Gasteiger partial charge is 0.508 e. The fraction of sp³-hybridized carbons (Fsp3) is 0.400. The fourth-order valence-corrected chi connectivity index (χ4v) is 9.43. The zero-order valence-corrected chi connectivity index (χ0v) is 41.9. The first kappa shape index (κ1) is 52.1. The van der Waals surface area contributed by atoms with Gasteiger partial charge in [0.1, 0.15) is 29.7 Å². The number of fused-ring (bicyclic) bond motifs is 2. The molecule has 4 aliphatic rings. The molecule has 2 aromatic carbocycles. The van der Waals surface area contributed by atoms with Gasteiger partial charge in [-0.3, -0.25) is 19.4 Å². The summed E-state index contributed by atoms with van der Waals surface area (Å²) < 4.78 is 9.10. The number of carbonyl (C=O) groups excluding carboxylic acids is 2. The molecule has 6 heterocycles. The van der Waals surface area contributed by atoms with E-state index in [9.17, 15) is 34.5 Å². The van der Waals surface area contributed by atoms with Gasteiger partial charge in [0.25, 0.3) is 0 Å². The molecule has 1 aliphatic carbocycles. The van der Waals surface area contributed by atoms with E-state index in [4.69, 9.17) is 36.6 Å². The summed E-state index contributed by atoms with van der Waals surface area (Å²) in [5, 5.41) is 51.5. The molecular weight excluding hydrogens is 981 g/mol. The Morgan fingerprint density at radius 1 is 0.816 bits per heavy atom. The van der Waals surface area contributed by atoms with Crippen LogP contribution < -0.4 is 37.7 Å². The van der Waals surface area contributed by atoms with Crippen molar-refractivity contribution in [1.29, 1.82) is 0 Å². The number of nitrogens with one attached hydrogen (secondary N) is 1. The van der Waals surface area contributed by atoms with Crippen molar-refractivity contribution in [3.05, 3.63) is 94.2 Å². The summed E-state index contributed by atoms with van der Waals surface area (Å²) in [5.74, 6) is -0.548. The number of aromatic carboxylic acids is 1. The minimum atomic E-state index is -1.23. The molecule has 10 N–H and O–H groups in total. The number of unbranched alkanes of at least 4 members (excludes halogenated alkanes) is 1. The van der Waals surface area contributed by atoms with E-state index in [-0.39, 0.29) is 58.4 Å². The zero-order chi connectivity index (χ0) is 53.5. The quantitative estimate of drug-likeness (QED) is 0.0247. The first-order chi connectivity index (χ1) is 36.7. The number of benzene rings is 3. The predicted molar refractivity (Wildman–Crippen MR) is 280 cm³/mol. The van der Waals surface area contributed by atoms with Crippen LogP contribution in [0.5, 0.6) is 5.75 Å². The van der Waals surface area contributed by atoms with Crippen LogP contribution in [-0.4, -0.2) is 165 Å². The van der Waals surface area contributed by atoms with Gasteiger partial charge in [0.15, 0.2) is 11.4 Å². The molecule has 0 radical (unpaired) electrons. The maximum absolute atomic E-state index is 14.2. The lowest BCUT2D eigenvalue weighted by atomic mass is 9.90. The van der Waals surface area contributed by atoms with E-state index in [1.54, 1.807) is 58.1 Å². The first-order valence-corrected chi connectivity index (χ1v) is 25.1. The smallest absolute Gasteiger partial charge is 0.336 e. The number of aromatic hydroxyl groups is 1. The third kappa shape index (κ3) is 12.2. The number of carboxylic acid groups (broad SMARTS) is 1. The number of aryl methyl sites for hydroxylation is 1. The molecular formula is C50H60N18O8. The van der Waals surface area contributed by atoms with Crippen molar-refractivity contribution < 1.29 is 34.1 Å². The van der Waals surface area contributed by atoms with Crippen LogP contribution in [-0.2, 0) is 29.0 Å². The van der Waals surface area contributed by atoms with Crippen molar-refractivity contribution in [3.63, 3.8) is 0 Å². The number of rotatable bonds is 20. The predicted octanol–water partition coefficient (Wildman–Crippen LogP) is 1.58. The monoisotopic (exact) mass is 1040 g/mol. The van der Waals surface area contributed by atoms with E-state index in [0.29, 0.717) is 143 Å². The summed E-state index contributed by atoms with van der Waals surface area (Å²) in [5.41, 5.74) is 19.5. The molecule has 0 saturated carbocycles. The number of aliphatic hydroxyl groups is 1. The molecule has 26 nitrogen and oxygen atoms in total. The van der Waals surface area contributed by atoms with Crippen LogP contribution in [0, 0.1) is 0 Å². The van der Waals surface area contributed by atoms with Crippen LogP contribution in [0.3, 0.4) is 0 Å². The van der Waals surface area contributed by atoms with E-state index in [1.165, 1.54) is 35.0 Å². The number of aliphatic hydroxyl groups excluding tert-OH is 1. The zero-order valence-electron chi connectivity index (χ0n) is 41.9. The van der Waals surface area contributed by atoms with Crippen molar-refractivity contribution in [2.24, 2.45) is 22.2 Å². The molecule has 0 spiro atoms. The van der Waals surface area contributed by atoms with Gasteiger partial charge in [-0.2, -0.15) is 15.0 Å². The second kappa shape index (κ2) is 23.2. The Labute approximate surface area is 435 Å². The van der Waals surface area contributed by atoms with Gasteiger partial charge in [0, 0.05) is 112 Å². The average Bonchev–Trinajstić information content (AvgIpc) is 4.07. The van der Waals surface area contributed by atoms with Crippen molar-refractivity contribution in [1.82, 2.24) is 54.7 Å². The molecule has 398 valence electrons. The van der Waals surface area contributed by atoms with Crippen LogP contribution in [0.4, 0.5) is 23.5 Å². The second-order valence-corrected chi connectivity index (χ2v) is 18.8. The normalized spacial score (nSPS) is 14.8. The molecule has 2 fully saturated rings. The molecule has 9 rings (SSSR count). The van der Waals surface area contributed by atoms with Crippen molar-refractivity contribution in [2.75, 3.05) is 80.6 Å². The molecule has 2 saturated heterocycles. The van der Waals surface area contributed by atoms with Crippen LogP contribution in [0.2, 0.25) is 0 Å². The summed E-state index contributed by atoms with van der Waals surface area (Å²) in [6.07, 6.45) is 6.35. The highest BCUT2D eigenvalue weighted by Crippen LogP contribution is 2.42. The highest BCUT2D eigenvalue weighted by atomic mass is 16.4. The highest BCUT2D eigenvalue weighted by Gasteiger charge is 2.32. The number of hydrogen-bond donors (Lipinski definition) is 7. The topological polar surface area (TPSA) is 358 Å². The minimum absolute atomic E-state index is 0.00446. The molecule has 3 aromatic heterocycles. The second-order valence-electron chi connectivity index (χ2n) is 18.8. The number of carboxylic acids is 1. The van der Waals surface area contributed by atoms with Crippen molar-refractivity contribution in [2.45, 2.75) is 64.1 Å². The number of carbonyl (C=O) groups is 3. The number of phenols is 1. The number of aromatic nitrogens is 9. The number of amides is 2. The summed E-state index contributed by atoms with van der Waals surface area (Å²) in [6.45, 7) is 5.50. The standard InChI is InChI=1S/C50H60N18O8/c1-30(69)23-33-28-68(62-60-33)40(6-2-3-13-51)45(73)64-17-21-66(22-18-64)50-57-48(56-49(58-50)65-19-15-63(16-20-65)43(72)29-67-27-32(59-61-67)5-4-14-54-47(52)53)55-31-7-10-36(39(24-31)46(74)75)44-37-11-8-34(70)25-41(37)76-42-26-35(71)9-12-38(42)44/h7-12,24-28,30,40,69-70H,2-6,13-23,29,51H2,1H3,(H,74,75)(H4,52,53,54)(H,55,56,57,58)/t30?,40-/m0/s1. The maximum atomic E-state index is 14.2. The molecule has 76 heavy (non-hydrogen) atoms. The summed E-state index contributed by atoms with van der Waals surface area (Å²) in [7, 11) is 0. The Kier molecular flexibility index (Phi) is 15.9. The van der Waals surface area contributed by atoms with Gasteiger partial charge in [0.05, 0.1) is 23.1 Å². The summed E-state index contributed by atoms with van der Waals surface area (Å²) in [4.78, 5) is 79.4. The molecule has 0 bridgehead atoms. The van der Waals surface area contributed by atoms with Gasteiger partial charge in [-0.15, -0.1) is 10.2 Å². The first-order valence-electron chi connectivity index (χ1n) is 25.1. The van der Waals surface area contributed by atoms with Crippen LogP contribution in [0.25, 0.3) is 33.4 Å². The van der Waals surface area contributed by atoms with E-state index in [0.717, 1.165) is 12.1 Å². The Balaban J connectivity index is 0.968.